The van der Waals surface area contributed by atoms with Gasteiger partial charge in [-0.05, 0) is 37.1 Å². The molecule has 7 heteroatoms. The Morgan fingerprint density at radius 2 is 1.82 bits per heavy atom. The van der Waals surface area contributed by atoms with E-state index in [1.165, 1.54) is 0 Å². The molecule has 1 aromatic rings. The summed E-state index contributed by atoms with van der Waals surface area (Å²) in [5.41, 5.74) is 0.762. The first-order valence-electron chi connectivity index (χ1n) is 7.15. The summed E-state index contributed by atoms with van der Waals surface area (Å²) in [6.45, 7) is 3.69. The van der Waals surface area contributed by atoms with Gasteiger partial charge in [0.15, 0.2) is 5.96 Å². The van der Waals surface area contributed by atoms with Gasteiger partial charge in [0.05, 0.1) is 0 Å². The molecule has 0 aliphatic rings. The standard InChI is InChI=1S/C15H23ClN4O.HI/c1-3-10-18-15(17-2)19-11-4-5-14(21)20-13-8-6-12(16)7-9-13;/h6-9H,3-5,10-11H2,1-2H3,(H,20,21)(H2,17,18,19);1H. The Balaban J connectivity index is 0.00000441. The van der Waals surface area contributed by atoms with Gasteiger partial charge in [-0.1, -0.05) is 18.5 Å². The maximum Gasteiger partial charge on any atom is 0.224 e. The lowest BCUT2D eigenvalue weighted by molar-refractivity contribution is -0.116. The van der Waals surface area contributed by atoms with Crippen molar-refractivity contribution < 1.29 is 4.79 Å². The van der Waals surface area contributed by atoms with Gasteiger partial charge in [-0.15, -0.1) is 24.0 Å². The minimum atomic E-state index is -0.00405. The van der Waals surface area contributed by atoms with E-state index in [9.17, 15) is 4.79 Å². The normalized spacial score (nSPS) is 10.6. The van der Waals surface area contributed by atoms with E-state index in [4.69, 9.17) is 11.6 Å². The van der Waals surface area contributed by atoms with Crippen LogP contribution in [0.3, 0.4) is 0 Å². The maximum atomic E-state index is 11.8. The van der Waals surface area contributed by atoms with Crippen LogP contribution in [0.5, 0.6) is 0 Å². The summed E-state index contributed by atoms with van der Waals surface area (Å²) in [7, 11) is 1.73. The second-order valence-corrected chi connectivity index (χ2v) is 5.02. The van der Waals surface area contributed by atoms with Crippen molar-refractivity contribution in [3.05, 3.63) is 29.3 Å². The molecule has 0 aromatic heterocycles. The van der Waals surface area contributed by atoms with E-state index in [1.54, 1.807) is 31.3 Å². The van der Waals surface area contributed by atoms with E-state index in [0.29, 0.717) is 18.0 Å². The van der Waals surface area contributed by atoms with Gasteiger partial charge in [0.25, 0.3) is 0 Å². The highest BCUT2D eigenvalue weighted by atomic mass is 127. The number of hydrogen-bond acceptors (Lipinski definition) is 2. The van der Waals surface area contributed by atoms with Gasteiger partial charge in [0, 0.05) is 37.3 Å². The fourth-order valence-electron chi connectivity index (χ4n) is 1.68. The number of benzene rings is 1. The number of nitrogens with one attached hydrogen (secondary N) is 3. The molecule has 0 unspecified atom stereocenters. The Morgan fingerprint density at radius 1 is 1.18 bits per heavy atom. The van der Waals surface area contributed by atoms with Gasteiger partial charge in [-0.2, -0.15) is 0 Å². The highest BCUT2D eigenvalue weighted by Gasteiger charge is 2.03. The summed E-state index contributed by atoms with van der Waals surface area (Å²) in [6, 6.07) is 7.08. The number of nitrogens with zero attached hydrogens (tertiary/aromatic N) is 1. The SMILES string of the molecule is CCCNC(=NC)NCCCC(=O)Nc1ccc(Cl)cc1.I. The molecule has 1 rings (SSSR count). The zero-order valence-corrected chi connectivity index (χ0v) is 16.1. The summed E-state index contributed by atoms with van der Waals surface area (Å²) in [4.78, 5) is 15.9. The fourth-order valence-corrected chi connectivity index (χ4v) is 1.80. The van der Waals surface area contributed by atoms with Crippen LogP contribution in [-0.4, -0.2) is 32.0 Å². The van der Waals surface area contributed by atoms with Crippen LogP contribution >= 0.6 is 35.6 Å². The van der Waals surface area contributed by atoms with Crippen LogP contribution in [0.1, 0.15) is 26.2 Å². The zero-order chi connectivity index (χ0) is 15.5. The van der Waals surface area contributed by atoms with Crippen LogP contribution in [0.25, 0.3) is 0 Å². The van der Waals surface area contributed by atoms with Crippen LogP contribution < -0.4 is 16.0 Å². The summed E-state index contributed by atoms with van der Waals surface area (Å²) < 4.78 is 0. The average molecular weight is 439 g/mol. The Labute approximate surface area is 154 Å². The third kappa shape index (κ3) is 9.09. The van der Waals surface area contributed by atoms with Crippen LogP contribution in [0.15, 0.2) is 29.3 Å². The zero-order valence-electron chi connectivity index (χ0n) is 13.0. The molecule has 0 saturated carbocycles. The first-order chi connectivity index (χ1) is 10.2. The number of carbonyl (C=O) groups is 1. The molecule has 0 heterocycles. The predicted molar refractivity (Wildman–Crippen MR) is 104 cm³/mol. The lowest BCUT2D eigenvalue weighted by atomic mass is 10.2. The van der Waals surface area contributed by atoms with E-state index in [-0.39, 0.29) is 29.9 Å². The van der Waals surface area contributed by atoms with Crippen molar-refractivity contribution in [1.29, 1.82) is 0 Å². The third-order valence-corrected chi connectivity index (χ3v) is 3.02. The molecule has 0 fully saturated rings. The van der Waals surface area contributed by atoms with Crippen molar-refractivity contribution in [2.75, 3.05) is 25.5 Å². The number of guanidine groups is 1. The Kier molecular flexibility index (Phi) is 11.9. The number of rotatable bonds is 7. The molecule has 1 amide bonds. The molecule has 22 heavy (non-hydrogen) atoms. The van der Waals surface area contributed by atoms with E-state index in [0.717, 1.165) is 31.0 Å². The fraction of sp³-hybridized carbons (Fsp3) is 0.467. The van der Waals surface area contributed by atoms with Gasteiger partial charge in [0.1, 0.15) is 0 Å². The first kappa shape index (κ1) is 21.0. The van der Waals surface area contributed by atoms with Gasteiger partial charge < -0.3 is 16.0 Å². The number of aliphatic imine (C=N–C) groups is 1. The molecular weight excluding hydrogens is 415 g/mol. The van der Waals surface area contributed by atoms with Crippen molar-refractivity contribution in [3.8, 4) is 0 Å². The van der Waals surface area contributed by atoms with Gasteiger partial charge in [-0.3, -0.25) is 9.79 Å². The molecular formula is C15H24ClIN4O. The molecule has 124 valence electrons. The quantitative estimate of drug-likeness (QED) is 0.265. The maximum absolute atomic E-state index is 11.8. The second kappa shape index (κ2) is 12.5. The third-order valence-electron chi connectivity index (χ3n) is 2.77. The van der Waals surface area contributed by atoms with Crippen LogP contribution in [0.2, 0.25) is 5.02 Å². The Bertz CT molecular complexity index is 465. The predicted octanol–water partition coefficient (Wildman–Crippen LogP) is 3.25. The van der Waals surface area contributed by atoms with Crippen molar-refractivity contribution in [3.63, 3.8) is 0 Å². The number of hydrogen-bond donors (Lipinski definition) is 3. The summed E-state index contributed by atoms with van der Waals surface area (Å²) in [5, 5.41) is 9.84. The molecule has 5 nitrogen and oxygen atoms in total. The number of halogens is 2. The van der Waals surface area contributed by atoms with E-state index >= 15 is 0 Å². The van der Waals surface area contributed by atoms with Crippen molar-refractivity contribution >= 4 is 53.1 Å². The molecule has 0 bridgehead atoms. The number of amides is 1. The smallest absolute Gasteiger partial charge is 0.224 e. The minimum Gasteiger partial charge on any atom is -0.356 e. The summed E-state index contributed by atoms with van der Waals surface area (Å²) in [5.74, 6) is 0.769. The van der Waals surface area contributed by atoms with Gasteiger partial charge in [0.2, 0.25) is 5.91 Å². The molecule has 0 radical (unpaired) electrons. The summed E-state index contributed by atoms with van der Waals surface area (Å²) in [6.07, 6.45) is 2.25. The van der Waals surface area contributed by atoms with E-state index in [2.05, 4.69) is 27.9 Å². The molecule has 0 spiro atoms. The molecule has 3 N–H and O–H groups in total. The molecule has 0 aliphatic carbocycles. The number of anilines is 1. The van der Waals surface area contributed by atoms with Crippen molar-refractivity contribution in [2.45, 2.75) is 26.2 Å². The average Bonchev–Trinajstić information content (AvgIpc) is 2.49. The summed E-state index contributed by atoms with van der Waals surface area (Å²) >= 11 is 5.79. The second-order valence-electron chi connectivity index (χ2n) is 4.58. The van der Waals surface area contributed by atoms with Gasteiger partial charge >= 0.3 is 0 Å². The minimum absolute atomic E-state index is 0. The number of carbonyl (C=O) groups excluding carboxylic acids is 1. The monoisotopic (exact) mass is 438 g/mol. The molecule has 1 aromatic carbocycles. The van der Waals surface area contributed by atoms with Crippen molar-refractivity contribution in [1.82, 2.24) is 10.6 Å². The highest BCUT2D eigenvalue weighted by molar-refractivity contribution is 14.0. The molecule has 0 atom stereocenters. The van der Waals surface area contributed by atoms with Crippen LogP contribution in [0.4, 0.5) is 5.69 Å². The Morgan fingerprint density at radius 3 is 2.41 bits per heavy atom. The topological polar surface area (TPSA) is 65.5 Å². The Hall–Kier alpha value is -1.02. The van der Waals surface area contributed by atoms with E-state index < -0.39 is 0 Å². The molecule has 0 saturated heterocycles. The highest BCUT2D eigenvalue weighted by Crippen LogP contribution is 2.13. The van der Waals surface area contributed by atoms with Crippen molar-refractivity contribution in [2.24, 2.45) is 4.99 Å². The van der Waals surface area contributed by atoms with Gasteiger partial charge in [-0.25, -0.2) is 0 Å². The molecule has 0 aliphatic heterocycles. The largest absolute Gasteiger partial charge is 0.356 e. The first-order valence-corrected chi connectivity index (χ1v) is 7.53. The lowest BCUT2D eigenvalue weighted by Crippen LogP contribution is -2.38. The van der Waals surface area contributed by atoms with Crippen LogP contribution in [0, 0.1) is 0 Å². The lowest BCUT2D eigenvalue weighted by Gasteiger charge is -2.11. The van der Waals surface area contributed by atoms with E-state index in [1.807, 2.05) is 0 Å². The van der Waals surface area contributed by atoms with Crippen LogP contribution in [-0.2, 0) is 4.79 Å².